The number of carboxylic acids is 1. The minimum Gasteiger partial charge on any atom is -0.480 e. The number of rotatable bonds is 9. The fourth-order valence-electron chi connectivity index (χ4n) is 1.36. The summed E-state index contributed by atoms with van der Waals surface area (Å²) in [6, 6.07) is 0.928. The van der Waals surface area contributed by atoms with E-state index in [4.69, 9.17) is 10.4 Å². The number of aliphatic carboxylic acids is 1. The van der Waals surface area contributed by atoms with Crippen molar-refractivity contribution in [2.75, 3.05) is 5.75 Å². The van der Waals surface area contributed by atoms with Gasteiger partial charge in [0.15, 0.2) is 0 Å². The van der Waals surface area contributed by atoms with Crippen LogP contribution in [0.15, 0.2) is 0 Å². The van der Waals surface area contributed by atoms with Gasteiger partial charge in [0.05, 0.1) is 17.2 Å². The van der Waals surface area contributed by atoms with Crippen LogP contribution in [0.5, 0.6) is 0 Å². The standard InChI is InChI=1S/C12H22N2O4S/c1-4-5-6-10(11(15)16)14-19(17,18)8-7-12(2,3)9-13/h10,14H,4-8H2,1-3H3,(H,15,16). The van der Waals surface area contributed by atoms with Gasteiger partial charge in [0, 0.05) is 0 Å². The van der Waals surface area contributed by atoms with Crippen LogP contribution in [0, 0.1) is 16.7 Å². The van der Waals surface area contributed by atoms with Crippen molar-refractivity contribution in [3.05, 3.63) is 0 Å². The number of carbonyl (C=O) groups is 1. The van der Waals surface area contributed by atoms with Crippen LogP contribution in [0.1, 0.15) is 46.5 Å². The predicted molar refractivity (Wildman–Crippen MR) is 71.9 cm³/mol. The van der Waals surface area contributed by atoms with Crippen molar-refractivity contribution in [3.63, 3.8) is 0 Å². The summed E-state index contributed by atoms with van der Waals surface area (Å²) in [5.74, 6) is -1.42. The molecule has 0 heterocycles. The maximum atomic E-state index is 11.8. The minimum absolute atomic E-state index is 0.166. The zero-order valence-electron chi connectivity index (χ0n) is 11.6. The van der Waals surface area contributed by atoms with Gasteiger partial charge in [0.1, 0.15) is 6.04 Å². The van der Waals surface area contributed by atoms with Gasteiger partial charge < -0.3 is 5.11 Å². The van der Waals surface area contributed by atoms with Crippen LogP contribution in [0.25, 0.3) is 0 Å². The van der Waals surface area contributed by atoms with Gasteiger partial charge in [-0.2, -0.15) is 5.26 Å². The smallest absolute Gasteiger partial charge is 0.321 e. The fraction of sp³-hybridized carbons (Fsp3) is 0.833. The predicted octanol–water partition coefficient (Wildman–Crippen LogP) is 1.49. The Morgan fingerprint density at radius 2 is 2.05 bits per heavy atom. The van der Waals surface area contributed by atoms with E-state index in [-0.39, 0.29) is 18.6 Å². The molecule has 1 unspecified atom stereocenters. The number of carboxylic acid groups (broad SMARTS) is 1. The first-order chi connectivity index (χ1) is 8.63. The van der Waals surface area contributed by atoms with Gasteiger partial charge in [0.25, 0.3) is 0 Å². The Labute approximate surface area is 114 Å². The lowest BCUT2D eigenvalue weighted by molar-refractivity contribution is -0.139. The van der Waals surface area contributed by atoms with Crippen LogP contribution < -0.4 is 4.72 Å². The molecule has 7 heteroatoms. The highest BCUT2D eigenvalue weighted by atomic mass is 32.2. The van der Waals surface area contributed by atoms with Gasteiger partial charge in [-0.25, -0.2) is 13.1 Å². The highest BCUT2D eigenvalue weighted by Gasteiger charge is 2.26. The third kappa shape index (κ3) is 7.80. The summed E-state index contributed by atoms with van der Waals surface area (Å²) in [7, 11) is -3.68. The molecule has 110 valence electrons. The van der Waals surface area contributed by atoms with Gasteiger partial charge >= 0.3 is 5.97 Å². The number of hydrogen-bond donors (Lipinski definition) is 2. The van der Waals surface area contributed by atoms with Gasteiger partial charge in [-0.15, -0.1) is 0 Å². The Morgan fingerprint density at radius 1 is 1.47 bits per heavy atom. The Hall–Kier alpha value is -1.13. The molecule has 0 saturated carbocycles. The molecular weight excluding hydrogens is 268 g/mol. The van der Waals surface area contributed by atoms with Crippen LogP contribution >= 0.6 is 0 Å². The lowest BCUT2D eigenvalue weighted by Gasteiger charge is -2.17. The highest BCUT2D eigenvalue weighted by Crippen LogP contribution is 2.19. The van der Waals surface area contributed by atoms with E-state index in [1.807, 2.05) is 13.0 Å². The van der Waals surface area contributed by atoms with Crippen molar-refractivity contribution in [1.29, 1.82) is 5.26 Å². The summed E-state index contributed by atoms with van der Waals surface area (Å²) in [5, 5.41) is 17.8. The van der Waals surface area contributed by atoms with Crippen molar-refractivity contribution in [1.82, 2.24) is 4.72 Å². The first-order valence-electron chi connectivity index (χ1n) is 6.27. The summed E-state index contributed by atoms with van der Waals surface area (Å²) in [5.41, 5.74) is -0.739. The largest absolute Gasteiger partial charge is 0.480 e. The van der Waals surface area contributed by atoms with Crippen molar-refractivity contribution in [2.24, 2.45) is 5.41 Å². The Bertz CT molecular complexity index is 437. The number of nitrogens with one attached hydrogen (secondary N) is 1. The molecule has 0 aliphatic rings. The summed E-state index contributed by atoms with van der Waals surface area (Å²) < 4.78 is 25.8. The van der Waals surface area contributed by atoms with Crippen LogP contribution in [0.2, 0.25) is 0 Å². The van der Waals surface area contributed by atoms with Gasteiger partial charge in [-0.1, -0.05) is 19.8 Å². The zero-order chi connectivity index (χ0) is 15.1. The van der Waals surface area contributed by atoms with Gasteiger partial charge in [-0.3, -0.25) is 4.79 Å². The molecule has 0 saturated heterocycles. The summed E-state index contributed by atoms with van der Waals surface area (Å²) in [4.78, 5) is 11.0. The molecular formula is C12H22N2O4S. The molecule has 0 spiro atoms. The van der Waals surface area contributed by atoms with Crippen molar-refractivity contribution in [3.8, 4) is 6.07 Å². The Kier molecular flexibility index (Phi) is 7.01. The average molecular weight is 290 g/mol. The zero-order valence-corrected chi connectivity index (χ0v) is 12.5. The second-order valence-electron chi connectivity index (χ2n) is 5.22. The van der Waals surface area contributed by atoms with Crippen molar-refractivity contribution >= 4 is 16.0 Å². The molecule has 0 aliphatic carbocycles. The molecule has 0 radical (unpaired) electrons. The number of nitriles is 1. The quantitative estimate of drug-likeness (QED) is 0.669. The molecule has 0 aromatic carbocycles. The molecule has 0 bridgehead atoms. The first kappa shape index (κ1) is 17.9. The molecule has 0 aromatic heterocycles. The van der Waals surface area contributed by atoms with E-state index in [0.717, 1.165) is 6.42 Å². The molecule has 0 aromatic rings. The van der Waals surface area contributed by atoms with Crippen LogP contribution in [-0.4, -0.2) is 31.3 Å². The number of unbranched alkanes of at least 4 members (excludes halogenated alkanes) is 1. The molecule has 19 heavy (non-hydrogen) atoms. The lowest BCUT2D eigenvalue weighted by Crippen LogP contribution is -2.42. The maximum absolute atomic E-state index is 11.8. The fourth-order valence-corrected chi connectivity index (χ4v) is 2.91. The summed E-state index contributed by atoms with van der Waals surface area (Å²) >= 11 is 0. The Morgan fingerprint density at radius 3 is 2.47 bits per heavy atom. The molecule has 0 rings (SSSR count). The van der Waals surface area contributed by atoms with E-state index in [0.29, 0.717) is 6.42 Å². The monoisotopic (exact) mass is 290 g/mol. The van der Waals surface area contributed by atoms with E-state index < -0.39 is 27.4 Å². The maximum Gasteiger partial charge on any atom is 0.321 e. The lowest BCUT2D eigenvalue weighted by atomic mass is 9.93. The third-order valence-electron chi connectivity index (χ3n) is 2.76. The van der Waals surface area contributed by atoms with E-state index >= 15 is 0 Å². The first-order valence-corrected chi connectivity index (χ1v) is 7.93. The van der Waals surface area contributed by atoms with Crippen molar-refractivity contribution in [2.45, 2.75) is 52.5 Å². The molecule has 0 aliphatic heterocycles. The number of hydrogen-bond acceptors (Lipinski definition) is 4. The second-order valence-corrected chi connectivity index (χ2v) is 7.09. The molecule has 0 amide bonds. The van der Waals surface area contributed by atoms with Crippen LogP contribution in [0.4, 0.5) is 0 Å². The topological polar surface area (TPSA) is 107 Å². The molecule has 2 N–H and O–H groups in total. The van der Waals surface area contributed by atoms with E-state index in [9.17, 15) is 13.2 Å². The number of sulfonamides is 1. The van der Waals surface area contributed by atoms with Gasteiger partial charge in [0.2, 0.25) is 10.0 Å². The van der Waals surface area contributed by atoms with E-state index in [1.54, 1.807) is 13.8 Å². The normalized spacial score (nSPS) is 13.8. The molecule has 0 fully saturated rings. The Balaban J connectivity index is 4.57. The second kappa shape index (κ2) is 7.46. The third-order valence-corrected chi connectivity index (χ3v) is 4.15. The average Bonchev–Trinajstić information content (AvgIpc) is 2.32. The SMILES string of the molecule is CCCCC(NS(=O)(=O)CCC(C)(C)C#N)C(=O)O. The number of nitrogens with zero attached hydrogens (tertiary/aromatic N) is 1. The minimum atomic E-state index is -3.68. The van der Waals surface area contributed by atoms with E-state index in [2.05, 4.69) is 4.72 Å². The van der Waals surface area contributed by atoms with Crippen LogP contribution in [-0.2, 0) is 14.8 Å². The van der Waals surface area contributed by atoms with Gasteiger partial charge in [-0.05, 0) is 26.7 Å². The van der Waals surface area contributed by atoms with Crippen LogP contribution in [0.3, 0.4) is 0 Å². The highest BCUT2D eigenvalue weighted by molar-refractivity contribution is 7.89. The molecule has 1 atom stereocenters. The summed E-state index contributed by atoms with van der Waals surface area (Å²) in [6.45, 7) is 5.20. The van der Waals surface area contributed by atoms with E-state index in [1.165, 1.54) is 0 Å². The molecule has 6 nitrogen and oxygen atoms in total. The van der Waals surface area contributed by atoms with Crippen molar-refractivity contribution < 1.29 is 18.3 Å². The summed E-state index contributed by atoms with van der Waals surface area (Å²) in [6.07, 6.45) is 1.88.